The second-order valence-corrected chi connectivity index (χ2v) is 5.25. The molecule has 2 unspecified atom stereocenters. The summed E-state index contributed by atoms with van der Waals surface area (Å²) < 4.78 is 0. The molecule has 2 atom stereocenters. The predicted molar refractivity (Wildman–Crippen MR) is 71.0 cm³/mol. The Morgan fingerprint density at radius 3 is 2.59 bits per heavy atom. The van der Waals surface area contributed by atoms with E-state index in [2.05, 4.69) is 36.4 Å². The Hall–Kier alpha value is -0.610. The number of rotatable bonds is 8. The van der Waals surface area contributed by atoms with Crippen LogP contribution >= 0.6 is 0 Å². The second-order valence-electron chi connectivity index (χ2n) is 5.25. The Balaban J connectivity index is 2.07. The van der Waals surface area contributed by atoms with E-state index in [1.807, 2.05) is 6.92 Å². The third-order valence-electron chi connectivity index (χ3n) is 3.56. The highest BCUT2D eigenvalue weighted by Crippen LogP contribution is 2.26. The Labute approximate surface area is 105 Å². The van der Waals surface area contributed by atoms with Gasteiger partial charge in [-0.2, -0.15) is 0 Å². The molecule has 0 spiro atoms. The normalized spacial score (nSPS) is 19.1. The summed E-state index contributed by atoms with van der Waals surface area (Å²) in [6, 6.07) is 1.55. The van der Waals surface area contributed by atoms with Crippen molar-refractivity contribution in [2.75, 3.05) is 20.1 Å². The highest BCUT2D eigenvalue weighted by Gasteiger charge is 2.28. The summed E-state index contributed by atoms with van der Waals surface area (Å²) in [5.41, 5.74) is 0. The number of hydrogen-bond donors (Lipinski definition) is 2. The molecule has 0 heterocycles. The molecule has 2 N–H and O–H groups in total. The van der Waals surface area contributed by atoms with Crippen LogP contribution in [-0.2, 0) is 4.79 Å². The molecule has 1 aliphatic carbocycles. The smallest absolute Gasteiger partial charge is 0.234 e. The number of nitrogens with one attached hydrogen (secondary N) is 2. The van der Waals surface area contributed by atoms with Gasteiger partial charge in [0.1, 0.15) is 0 Å². The van der Waals surface area contributed by atoms with Crippen LogP contribution in [0.15, 0.2) is 0 Å². The van der Waals surface area contributed by atoms with Crippen LogP contribution < -0.4 is 10.6 Å². The summed E-state index contributed by atoms with van der Waals surface area (Å²) in [5, 5.41) is 6.18. The number of hydrogen-bond acceptors (Lipinski definition) is 3. The molecule has 0 aliphatic heterocycles. The van der Waals surface area contributed by atoms with E-state index >= 15 is 0 Å². The summed E-state index contributed by atoms with van der Waals surface area (Å²) in [5.74, 6) is 0.0978. The maximum atomic E-state index is 11.5. The van der Waals surface area contributed by atoms with Crippen LogP contribution in [0.4, 0.5) is 0 Å². The molecule has 0 bridgehead atoms. The van der Waals surface area contributed by atoms with Crippen LogP contribution in [0.5, 0.6) is 0 Å². The molecule has 0 aromatic heterocycles. The SMILES string of the molecule is CCC(C)NC(=O)CNCC(C)N(C)C1CC1. The Kier molecular flexibility index (Phi) is 5.92. The van der Waals surface area contributed by atoms with E-state index in [4.69, 9.17) is 0 Å². The zero-order valence-corrected chi connectivity index (χ0v) is 11.6. The van der Waals surface area contributed by atoms with E-state index in [-0.39, 0.29) is 11.9 Å². The first-order valence-corrected chi connectivity index (χ1v) is 6.76. The molecule has 4 nitrogen and oxygen atoms in total. The van der Waals surface area contributed by atoms with Crippen molar-refractivity contribution in [3.63, 3.8) is 0 Å². The lowest BCUT2D eigenvalue weighted by molar-refractivity contribution is -0.120. The highest BCUT2D eigenvalue weighted by atomic mass is 16.1. The lowest BCUT2D eigenvalue weighted by atomic mass is 10.2. The lowest BCUT2D eigenvalue weighted by Gasteiger charge is -2.24. The van der Waals surface area contributed by atoms with E-state index in [0.29, 0.717) is 12.6 Å². The van der Waals surface area contributed by atoms with Crippen molar-refractivity contribution in [2.24, 2.45) is 0 Å². The summed E-state index contributed by atoms with van der Waals surface area (Å²) in [6.45, 7) is 7.61. The molecule has 17 heavy (non-hydrogen) atoms. The Morgan fingerprint density at radius 1 is 1.41 bits per heavy atom. The van der Waals surface area contributed by atoms with Crippen LogP contribution in [0.1, 0.15) is 40.0 Å². The third kappa shape index (κ3) is 5.50. The van der Waals surface area contributed by atoms with Crippen LogP contribution in [-0.4, -0.2) is 49.1 Å². The van der Waals surface area contributed by atoms with Gasteiger partial charge >= 0.3 is 0 Å². The molecule has 1 saturated carbocycles. The first kappa shape index (κ1) is 14.5. The molecule has 1 fully saturated rings. The fourth-order valence-electron chi connectivity index (χ4n) is 1.81. The summed E-state index contributed by atoms with van der Waals surface area (Å²) in [7, 11) is 2.17. The summed E-state index contributed by atoms with van der Waals surface area (Å²) in [4.78, 5) is 13.9. The van der Waals surface area contributed by atoms with Gasteiger partial charge in [0.05, 0.1) is 6.54 Å². The number of likely N-dealkylation sites (N-methyl/N-ethyl adjacent to an activating group) is 1. The lowest BCUT2D eigenvalue weighted by Crippen LogP contribution is -2.44. The molecule has 1 aliphatic rings. The molecule has 4 heteroatoms. The number of nitrogens with zero attached hydrogens (tertiary/aromatic N) is 1. The number of carbonyl (C=O) groups excluding carboxylic acids is 1. The zero-order chi connectivity index (χ0) is 12.8. The second kappa shape index (κ2) is 6.97. The van der Waals surface area contributed by atoms with Gasteiger partial charge in [-0.15, -0.1) is 0 Å². The largest absolute Gasteiger partial charge is 0.353 e. The quantitative estimate of drug-likeness (QED) is 0.665. The third-order valence-corrected chi connectivity index (χ3v) is 3.56. The molecule has 0 radical (unpaired) electrons. The van der Waals surface area contributed by atoms with Crippen LogP contribution in [0, 0.1) is 0 Å². The van der Waals surface area contributed by atoms with E-state index in [9.17, 15) is 4.79 Å². The molecular formula is C13H27N3O. The van der Waals surface area contributed by atoms with E-state index in [1.165, 1.54) is 12.8 Å². The number of amides is 1. The van der Waals surface area contributed by atoms with Gasteiger partial charge in [-0.05, 0) is 40.2 Å². The average Bonchev–Trinajstić information content (AvgIpc) is 3.11. The minimum atomic E-state index is 0.0978. The first-order valence-electron chi connectivity index (χ1n) is 6.76. The molecule has 0 saturated heterocycles. The van der Waals surface area contributed by atoms with Gasteiger partial charge < -0.3 is 10.6 Å². The summed E-state index contributed by atoms with van der Waals surface area (Å²) in [6.07, 6.45) is 3.64. The topological polar surface area (TPSA) is 44.4 Å². The van der Waals surface area contributed by atoms with Crippen LogP contribution in [0.2, 0.25) is 0 Å². The predicted octanol–water partition coefficient (Wildman–Crippen LogP) is 0.973. The van der Waals surface area contributed by atoms with Gasteiger partial charge in [-0.1, -0.05) is 6.92 Å². The fourth-order valence-corrected chi connectivity index (χ4v) is 1.81. The molecular weight excluding hydrogens is 214 g/mol. The summed E-state index contributed by atoms with van der Waals surface area (Å²) >= 11 is 0. The number of carbonyl (C=O) groups is 1. The van der Waals surface area contributed by atoms with E-state index in [0.717, 1.165) is 19.0 Å². The first-order chi connectivity index (χ1) is 8.04. The Bertz CT molecular complexity index is 241. The van der Waals surface area contributed by atoms with Crippen LogP contribution in [0.3, 0.4) is 0 Å². The van der Waals surface area contributed by atoms with Crippen molar-refractivity contribution in [1.29, 1.82) is 0 Å². The van der Waals surface area contributed by atoms with Crippen molar-refractivity contribution < 1.29 is 4.79 Å². The van der Waals surface area contributed by atoms with Crippen molar-refractivity contribution in [3.8, 4) is 0 Å². The van der Waals surface area contributed by atoms with Gasteiger partial charge in [-0.25, -0.2) is 0 Å². The van der Waals surface area contributed by atoms with Gasteiger partial charge in [0, 0.05) is 24.7 Å². The minimum Gasteiger partial charge on any atom is -0.353 e. The molecule has 0 aromatic rings. The Morgan fingerprint density at radius 2 is 2.06 bits per heavy atom. The molecule has 1 amide bonds. The van der Waals surface area contributed by atoms with Crippen LogP contribution in [0.25, 0.3) is 0 Å². The fraction of sp³-hybridized carbons (Fsp3) is 0.923. The molecule has 1 rings (SSSR count). The maximum absolute atomic E-state index is 11.5. The van der Waals surface area contributed by atoms with Gasteiger partial charge in [-0.3, -0.25) is 9.69 Å². The van der Waals surface area contributed by atoms with Crippen molar-refractivity contribution in [2.45, 2.75) is 58.2 Å². The standard InChI is InChI=1S/C13H27N3O/c1-5-10(2)15-13(17)9-14-8-11(3)16(4)12-6-7-12/h10-12,14H,5-9H2,1-4H3,(H,15,17). The maximum Gasteiger partial charge on any atom is 0.234 e. The van der Waals surface area contributed by atoms with Gasteiger partial charge in [0.25, 0.3) is 0 Å². The van der Waals surface area contributed by atoms with Crippen molar-refractivity contribution in [3.05, 3.63) is 0 Å². The monoisotopic (exact) mass is 241 g/mol. The molecule has 100 valence electrons. The molecule has 0 aromatic carbocycles. The van der Waals surface area contributed by atoms with E-state index < -0.39 is 0 Å². The van der Waals surface area contributed by atoms with Gasteiger partial charge in [0.15, 0.2) is 0 Å². The zero-order valence-electron chi connectivity index (χ0n) is 11.6. The van der Waals surface area contributed by atoms with Crippen molar-refractivity contribution in [1.82, 2.24) is 15.5 Å². The minimum absolute atomic E-state index is 0.0978. The highest BCUT2D eigenvalue weighted by molar-refractivity contribution is 5.78. The van der Waals surface area contributed by atoms with E-state index in [1.54, 1.807) is 0 Å². The van der Waals surface area contributed by atoms with Gasteiger partial charge in [0.2, 0.25) is 5.91 Å². The van der Waals surface area contributed by atoms with Crippen molar-refractivity contribution >= 4 is 5.91 Å². The average molecular weight is 241 g/mol.